The molecule has 2 rings (SSSR count). The van der Waals surface area contributed by atoms with Gasteiger partial charge in [-0.1, -0.05) is 24.3 Å². The Hall–Kier alpha value is -1.98. The molecule has 3 unspecified atom stereocenters. The van der Waals surface area contributed by atoms with Crippen LogP contribution in [-0.2, 0) is 9.53 Å². The van der Waals surface area contributed by atoms with Crippen LogP contribution in [-0.4, -0.2) is 33.4 Å². The van der Waals surface area contributed by atoms with E-state index >= 15 is 0 Å². The van der Waals surface area contributed by atoms with Crippen LogP contribution in [0.5, 0.6) is 0 Å². The average Bonchev–Trinajstić information content (AvgIpc) is 2.43. The van der Waals surface area contributed by atoms with Crippen LogP contribution in [0.3, 0.4) is 0 Å². The van der Waals surface area contributed by atoms with Gasteiger partial charge in [0, 0.05) is 23.3 Å². The van der Waals surface area contributed by atoms with Crippen molar-refractivity contribution in [2.45, 2.75) is 32.2 Å². The molecule has 20 heavy (non-hydrogen) atoms. The van der Waals surface area contributed by atoms with Gasteiger partial charge >= 0.3 is 5.97 Å². The zero-order valence-electron chi connectivity index (χ0n) is 11.4. The second-order valence-corrected chi connectivity index (χ2v) is 4.75. The molecule has 0 aliphatic heterocycles. The quantitative estimate of drug-likeness (QED) is 0.874. The summed E-state index contributed by atoms with van der Waals surface area (Å²) in [5.41, 5.74) is 0.489. The van der Waals surface area contributed by atoms with Gasteiger partial charge in [0.05, 0.1) is 12.2 Å². The third kappa shape index (κ3) is 2.95. The van der Waals surface area contributed by atoms with E-state index in [1.54, 1.807) is 20.0 Å². The molecule has 0 amide bonds. The van der Waals surface area contributed by atoms with Gasteiger partial charge in [-0.15, -0.1) is 0 Å². The lowest BCUT2D eigenvalue weighted by Gasteiger charge is -2.22. The highest BCUT2D eigenvalue weighted by molar-refractivity contribution is 5.89. The first-order chi connectivity index (χ1) is 9.50. The number of aliphatic carboxylic acids is 1. The number of ether oxygens (including phenoxy) is 1. The first kappa shape index (κ1) is 14.4. The number of aliphatic hydroxyl groups is 1. The van der Waals surface area contributed by atoms with Crippen LogP contribution in [0.1, 0.15) is 25.5 Å². The molecule has 0 saturated heterocycles. The molecule has 5 nitrogen and oxygen atoms in total. The summed E-state index contributed by atoms with van der Waals surface area (Å²) in [5, 5.41) is 20.5. The zero-order valence-corrected chi connectivity index (χ0v) is 11.4. The van der Waals surface area contributed by atoms with Crippen molar-refractivity contribution in [1.29, 1.82) is 0 Å². The zero-order chi connectivity index (χ0) is 14.7. The number of carboxylic acids is 1. The van der Waals surface area contributed by atoms with Crippen LogP contribution in [0.25, 0.3) is 10.8 Å². The summed E-state index contributed by atoms with van der Waals surface area (Å²) in [6.07, 6.45) is 0.680. The van der Waals surface area contributed by atoms with Crippen molar-refractivity contribution in [1.82, 2.24) is 4.98 Å². The summed E-state index contributed by atoms with van der Waals surface area (Å²) in [6, 6.07) is 7.40. The van der Waals surface area contributed by atoms with E-state index in [1.807, 2.05) is 24.3 Å². The Labute approximate surface area is 116 Å². The van der Waals surface area contributed by atoms with Gasteiger partial charge in [-0.25, -0.2) is 4.79 Å². The molecule has 0 bridgehead atoms. The minimum atomic E-state index is -1.15. The van der Waals surface area contributed by atoms with Gasteiger partial charge < -0.3 is 14.9 Å². The monoisotopic (exact) mass is 275 g/mol. The first-order valence-corrected chi connectivity index (χ1v) is 6.39. The van der Waals surface area contributed by atoms with Crippen molar-refractivity contribution in [3.05, 3.63) is 42.2 Å². The average molecular weight is 275 g/mol. The number of fused-ring (bicyclic) bond motifs is 1. The highest BCUT2D eigenvalue weighted by Crippen LogP contribution is 2.27. The molecule has 106 valence electrons. The third-order valence-corrected chi connectivity index (χ3v) is 3.24. The van der Waals surface area contributed by atoms with E-state index in [9.17, 15) is 15.0 Å². The smallest absolute Gasteiger partial charge is 0.337 e. The van der Waals surface area contributed by atoms with Crippen molar-refractivity contribution in [3.8, 4) is 0 Å². The van der Waals surface area contributed by atoms with E-state index in [4.69, 9.17) is 4.74 Å². The number of benzene rings is 1. The van der Waals surface area contributed by atoms with Gasteiger partial charge in [-0.2, -0.15) is 0 Å². The molecule has 2 aromatic rings. The number of carboxylic acid groups (broad SMARTS) is 1. The van der Waals surface area contributed by atoms with Crippen LogP contribution in [0, 0.1) is 0 Å². The molecular weight excluding hydrogens is 258 g/mol. The van der Waals surface area contributed by atoms with E-state index in [0.29, 0.717) is 5.56 Å². The third-order valence-electron chi connectivity index (χ3n) is 3.24. The van der Waals surface area contributed by atoms with E-state index in [1.165, 1.54) is 6.20 Å². The van der Waals surface area contributed by atoms with Crippen LogP contribution in [0.4, 0.5) is 0 Å². The van der Waals surface area contributed by atoms with Crippen molar-refractivity contribution < 1.29 is 19.7 Å². The van der Waals surface area contributed by atoms with Crippen molar-refractivity contribution in [2.24, 2.45) is 0 Å². The SMILES string of the molecule is CC(O)C(C)OC(C(=O)O)c1cncc2ccccc12. The van der Waals surface area contributed by atoms with Crippen LogP contribution in [0.2, 0.25) is 0 Å². The molecule has 0 saturated carbocycles. The standard InChI is InChI=1S/C15H17NO4/c1-9(17)10(2)20-14(15(18)19)13-8-16-7-11-5-3-4-6-12(11)13/h3-10,14,17H,1-2H3,(H,18,19). The molecule has 0 fully saturated rings. The molecule has 0 aliphatic carbocycles. The van der Waals surface area contributed by atoms with Gasteiger partial charge in [0.2, 0.25) is 0 Å². The number of pyridine rings is 1. The van der Waals surface area contributed by atoms with E-state index in [-0.39, 0.29) is 0 Å². The summed E-state index contributed by atoms with van der Waals surface area (Å²) in [5.74, 6) is -1.10. The molecule has 0 aliphatic rings. The van der Waals surface area contributed by atoms with E-state index in [2.05, 4.69) is 4.98 Å². The van der Waals surface area contributed by atoms with Gasteiger partial charge in [-0.3, -0.25) is 4.98 Å². The Bertz CT molecular complexity index is 606. The fourth-order valence-corrected chi connectivity index (χ4v) is 1.94. The molecule has 1 aromatic carbocycles. The number of carbonyl (C=O) groups is 1. The fourth-order valence-electron chi connectivity index (χ4n) is 1.94. The minimum absolute atomic E-state index is 0.489. The maximum absolute atomic E-state index is 11.5. The molecular formula is C15H17NO4. The lowest BCUT2D eigenvalue weighted by atomic mass is 10.0. The number of rotatable bonds is 5. The molecule has 2 N–H and O–H groups in total. The number of nitrogens with zero attached hydrogens (tertiary/aromatic N) is 1. The lowest BCUT2D eigenvalue weighted by molar-refractivity contribution is -0.158. The predicted molar refractivity (Wildman–Crippen MR) is 74.3 cm³/mol. The number of aliphatic hydroxyl groups excluding tert-OH is 1. The summed E-state index contributed by atoms with van der Waals surface area (Å²) < 4.78 is 5.48. The Morgan fingerprint density at radius 2 is 1.95 bits per heavy atom. The number of aromatic nitrogens is 1. The van der Waals surface area contributed by atoms with Crippen LogP contribution in [0.15, 0.2) is 36.7 Å². The normalized spacial score (nSPS) is 15.8. The molecule has 1 aromatic heterocycles. The molecule has 0 spiro atoms. The summed E-state index contributed by atoms with van der Waals surface area (Å²) in [7, 11) is 0. The van der Waals surface area contributed by atoms with Gasteiger partial charge in [0.15, 0.2) is 6.10 Å². The van der Waals surface area contributed by atoms with Crippen LogP contribution < -0.4 is 0 Å². The second-order valence-electron chi connectivity index (χ2n) is 4.75. The summed E-state index contributed by atoms with van der Waals surface area (Å²) in [6.45, 7) is 3.20. The van der Waals surface area contributed by atoms with Crippen LogP contribution >= 0.6 is 0 Å². The molecule has 0 radical (unpaired) electrons. The highest BCUT2D eigenvalue weighted by Gasteiger charge is 2.26. The highest BCUT2D eigenvalue weighted by atomic mass is 16.5. The first-order valence-electron chi connectivity index (χ1n) is 6.39. The maximum atomic E-state index is 11.5. The number of hydrogen-bond acceptors (Lipinski definition) is 4. The summed E-state index contributed by atoms with van der Waals surface area (Å²) >= 11 is 0. The Balaban J connectivity index is 2.44. The minimum Gasteiger partial charge on any atom is -0.479 e. The topological polar surface area (TPSA) is 79.7 Å². The molecule has 1 heterocycles. The van der Waals surface area contributed by atoms with Gasteiger partial charge in [0.25, 0.3) is 0 Å². The van der Waals surface area contributed by atoms with Crippen molar-refractivity contribution >= 4 is 16.7 Å². The van der Waals surface area contributed by atoms with Gasteiger partial charge in [-0.05, 0) is 19.2 Å². The van der Waals surface area contributed by atoms with Gasteiger partial charge in [0.1, 0.15) is 0 Å². The number of hydrogen-bond donors (Lipinski definition) is 2. The maximum Gasteiger partial charge on any atom is 0.337 e. The second kappa shape index (κ2) is 5.98. The molecule has 5 heteroatoms. The fraction of sp³-hybridized carbons (Fsp3) is 0.333. The van der Waals surface area contributed by atoms with Crippen molar-refractivity contribution in [3.63, 3.8) is 0 Å². The van der Waals surface area contributed by atoms with E-state index in [0.717, 1.165) is 10.8 Å². The molecule has 3 atom stereocenters. The van der Waals surface area contributed by atoms with Crippen molar-refractivity contribution in [2.75, 3.05) is 0 Å². The predicted octanol–water partition coefficient (Wildman–Crippen LogP) is 2.15. The Morgan fingerprint density at radius 1 is 1.25 bits per heavy atom. The largest absolute Gasteiger partial charge is 0.479 e. The van der Waals surface area contributed by atoms with E-state index < -0.39 is 24.3 Å². The Morgan fingerprint density at radius 3 is 2.60 bits per heavy atom. The summed E-state index contributed by atoms with van der Waals surface area (Å²) in [4.78, 5) is 15.5. The Kier molecular flexibility index (Phi) is 4.32. The lowest BCUT2D eigenvalue weighted by Crippen LogP contribution is -2.28.